The van der Waals surface area contributed by atoms with Gasteiger partial charge in [-0.25, -0.2) is 0 Å². The zero-order valence-electron chi connectivity index (χ0n) is 19.2. The van der Waals surface area contributed by atoms with Crippen LogP contribution in [0.4, 0.5) is 0 Å². The zero-order valence-corrected chi connectivity index (χ0v) is 19.2. The van der Waals surface area contributed by atoms with E-state index in [4.69, 9.17) is 10.5 Å². The van der Waals surface area contributed by atoms with E-state index < -0.39 is 5.41 Å². The van der Waals surface area contributed by atoms with Gasteiger partial charge in [-0.1, -0.05) is 30.3 Å². The van der Waals surface area contributed by atoms with E-state index in [-0.39, 0.29) is 5.91 Å². The summed E-state index contributed by atoms with van der Waals surface area (Å²) in [6.45, 7) is 2.30. The Balaban J connectivity index is 1.35. The van der Waals surface area contributed by atoms with Crippen molar-refractivity contribution >= 4 is 5.91 Å². The van der Waals surface area contributed by atoms with Gasteiger partial charge in [0.1, 0.15) is 5.75 Å². The van der Waals surface area contributed by atoms with Crippen molar-refractivity contribution in [2.45, 2.75) is 38.6 Å². The van der Waals surface area contributed by atoms with Gasteiger partial charge in [-0.15, -0.1) is 0 Å². The van der Waals surface area contributed by atoms with Crippen molar-refractivity contribution in [1.29, 1.82) is 0 Å². The van der Waals surface area contributed by atoms with Gasteiger partial charge in [0.2, 0.25) is 5.91 Å². The lowest BCUT2D eigenvalue weighted by Gasteiger charge is -2.27. The lowest BCUT2D eigenvalue weighted by atomic mass is 9.79. The van der Waals surface area contributed by atoms with E-state index in [1.54, 1.807) is 19.5 Å². The Morgan fingerprint density at radius 1 is 1.09 bits per heavy atom. The molecule has 0 unspecified atom stereocenters. The van der Waals surface area contributed by atoms with Crippen LogP contribution in [0.15, 0.2) is 60.9 Å². The number of fused-ring (bicyclic) bond motifs is 1. The molecule has 3 aromatic rings. The first-order chi connectivity index (χ1) is 16.1. The molecule has 1 fully saturated rings. The largest absolute Gasteiger partial charge is 0.496 e. The highest BCUT2D eigenvalue weighted by molar-refractivity contribution is 5.82. The highest BCUT2D eigenvalue weighted by Gasteiger charge is 2.43. The van der Waals surface area contributed by atoms with Gasteiger partial charge < -0.3 is 10.5 Å². The fourth-order valence-electron chi connectivity index (χ4n) is 5.53. The van der Waals surface area contributed by atoms with Gasteiger partial charge in [0.15, 0.2) is 0 Å². The standard InChI is InChI=1S/C28H31N3O2/c1-33-26-16-24-7-3-6-23(24)15-25(26)18-31-13-10-28(19-31,27(29)32)17-20-4-2-5-22(14-20)21-8-11-30-12-9-21/h2,4-5,8-9,11-12,14-16H,3,6-7,10,13,17-19H2,1H3,(H2,29,32)/t28-/m1/s1. The van der Waals surface area contributed by atoms with Crippen molar-refractivity contribution in [3.8, 4) is 16.9 Å². The predicted molar refractivity (Wildman–Crippen MR) is 130 cm³/mol. The van der Waals surface area contributed by atoms with Crippen LogP contribution in [0.2, 0.25) is 0 Å². The van der Waals surface area contributed by atoms with E-state index in [0.717, 1.165) is 54.8 Å². The highest BCUT2D eigenvalue weighted by Crippen LogP contribution is 2.37. The van der Waals surface area contributed by atoms with Crippen LogP contribution in [0.3, 0.4) is 0 Å². The molecule has 1 aliphatic carbocycles. The molecule has 170 valence electrons. The molecule has 1 saturated heterocycles. The minimum atomic E-state index is -0.555. The topological polar surface area (TPSA) is 68.4 Å². The van der Waals surface area contributed by atoms with Crippen molar-refractivity contribution < 1.29 is 9.53 Å². The quantitative estimate of drug-likeness (QED) is 0.598. The summed E-state index contributed by atoms with van der Waals surface area (Å²) in [6.07, 6.45) is 8.53. The molecule has 2 N–H and O–H groups in total. The summed E-state index contributed by atoms with van der Waals surface area (Å²) in [5.74, 6) is 0.748. The Hall–Kier alpha value is -3.18. The number of likely N-dealkylation sites (tertiary alicyclic amines) is 1. The van der Waals surface area contributed by atoms with Crippen LogP contribution in [0.5, 0.6) is 5.75 Å². The lowest BCUT2D eigenvalue weighted by Crippen LogP contribution is -2.41. The number of carbonyl (C=O) groups is 1. The van der Waals surface area contributed by atoms with Gasteiger partial charge in [0.25, 0.3) is 0 Å². The molecule has 2 heterocycles. The molecule has 0 bridgehead atoms. The number of amides is 1. The molecule has 2 aromatic carbocycles. The van der Waals surface area contributed by atoms with Gasteiger partial charge in [-0.3, -0.25) is 14.7 Å². The average molecular weight is 442 g/mol. The van der Waals surface area contributed by atoms with Crippen LogP contribution in [-0.4, -0.2) is 36.0 Å². The summed E-state index contributed by atoms with van der Waals surface area (Å²) in [5, 5.41) is 0. The maximum absolute atomic E-state index is 12.7. The van der Waals surface area contributed by atoms with E-state index in [1.165, 1.54) is 23.1 Å². The first kappa shape index (κ1) is 21.7. The Morgan fingerprint density at radius 2 is 1.88 bits per heavy atom. The van der Waals surface area contributed by atoms with Crippen molar-refractivity contribution in [2.75, 3.05) is 20.2 Å². The second-order valence-electron chi connectivity index (χ2n) is 9.50. The van der Waals surface area contributed by atoms with Crippen LogP contribution >= 0.6 is 0 Å². The third-order valence-electron chi connectivity index (χ3n) is 7.33. The molecule has 2 aliphatic rings. The van der Waals surface area contributed by atoms with Crippen LogP contribution in [0.25, 0.3) is 11.1 Å². The third-order valence-corrected chi connectivity index (χ3v) is 7.33. The SMILES string of the molecule is COc1cc2c(cc1CN1CC[C@](Cc3cccc(-c4ccncc4)c3)(C(N)=O)C1)CCC2. The molecule has 1 atom stereocenters. The number of carbonyl (C=O) groups excluding carboxylic acids is 1. The van der Waals surface area contributed by atoms with Gasteiger partial charge in [-0.05, 0) is 84.7 Å². The van der Waals surface area contributed by atoms with Crippen molar-refractivity contribution in [3.63, 3.8) is 0 Å². The van der Waals surface area contributed by atoms with Crippen molar-refractivity contribution in [2.24, 2.45) is 11.1 Å². The summed E-state index contributed by atoms with van der Waals surface area (Å²) in [6, 6.07) is 16.9. The Labute approximate surface area is 195 Å². The molecule has 0 saturated carbocycles. The predicted octanol–water partition coefficient (Wildman–Crippen LogP) is 4.17. The number of aryl methyl sites for hydroxylation is 2. The summed E-state index contributed by atoms with van der Waals surface area (Å²) >= 11 is 0. The zero-order chi connectivity index (χ0) is 22.8. The first-order valence-electron chi connectivity index (χ1n) is 11.8. The number of nitrogens with two attached hydrogens (primary N) is 1. The fraction of sp³-hybridized carbons (Fsp3) is 0.357. The number of ether oxygens (including phenoxy) is 1. The normalized spacial score (nSPS) is 20.0. The number of rotatable bonds is 7. The Morgan fingerprint density at radius 3 is 2.64 bits per heavy atom. The molecule has 5 heteroatoms. The molecular formula is C28H31N3O2. The van der Waals surface area contributed by atoms with E-state index in [1.807, 2.05) is 12.1 Å². The van der Waals surface area contributed by atoms with Crippen LogP contribution < -0.4 is 10.5 Å². The highest BCUT2D eigenvalue weighted by atomic mass is 16.5. The summed E-state index contributed by atoms with van der Waals surface area (Å²) in [4.78, 5) is 19.2. The Kier molecular flexibility index (Phi) is 5.90. The smallest absolute Gasteiger partial charge is 0.225 e. The number of hydrogen-bond donors (Lipinski definition) is 1. The minimum absolute atomic E-state index is 0.208. The maximum atomic E-state index is 12.7. The molecule has 5 rings (SSSR count). The summed E-state index contributed by atoms with van der Waals surface area (Å²) in [7, 11) is 1.74. The minimum Gasteiger partial charge on any atom is -0.496 e. The van der Waals surface area contributed by atoms with Crippen LogP contribution in [0, 0.1) is 5.41 Å². The number of methoxy groups -OCH3 is 1. The number of aromatic nitrogens is 1. The number of hydrogen-bond acceptors (Lipinski definition) is 4. The molecule has 1 aromatic heterocycles. The summed E-state index contributed by atoms with van der Waals surface area (Å²) in [5.41, 5.74) is 12.9. The second-order valence-corrected chi connectivity index (χ2v) is 9.50. The number of nitrogens with zero attached hydrogens (tertiary/aromatic N) is 2. The number of benzene rings is 2. The molecule has 1 aliphatic heterocycles. The van der Waals surface area contributed by atoms with Crippen LogP contribution in [-0.2, 0) is 30.6 Å². The fourth-order valence-corrected chi connectivity index (χ4v) is 5.53. The molecule has 0 radical (unpaired) electrons. The van der Waals surface area contributed by atoms with Gasteiger partial charge in [0, 0.05) is 31.0 Å². The molecule has 5 nitrogen and oxygen atoms in total. The first-order valence-corrected chi connectivity index (χ1v) is 11.8. The number of primary amides is 1. The Bertz CT molecular complexity index is 1160. The van der Waals surface area contributed by atoms with Gasteiger partial charge in [0.05, 0.1) is 12.5 Å². The van der Waals surface area contributed by atoms with Gasteiger partial charge in [-0.2, -0.15) is 0 Å². The maximum Gasteiger partial charge on any atom is 0.225 e. The molecule has 33 heavy (non-hydrogen) atoms. The molecular weight excluding hydrogens is 410 g/mol. The average Bonchev–Trinajstić information content (AvgIpc) is 3.46. The summed E-state index contributed by atoms with van der Waals surface area (Å²) < 4.78 is 5.71. The van der Waals surface area contributed by atoms with Gasteiger partial charge >= 0.3 is 0 Å². The molecule has 1 amide bonds. The van der Waals surface area contributed by atoms with Crippen LogP contribution in [0.1, 0.15) is 35.1 Å². The molecule has 0 spiro atoms. The lowest BCUT2D eigenvalue weighted by molar-refractivity contribution is -0.127. The van der Waals surface area contributed by atoms with E-state index >= 15 is 0 Å². The number of pyridine rings is 1. The third kappa shape index (κ3) is 4.38. The second kappa shape index (κ2) is 8.99. The van der Waals surface area contributed by atoms with E-state index in [0.29, 0.717) is 13.0 Å². The van der Waals surface area contributed by atoms with Crippen molar-refractivity contribution in [1.82, 2.24) is 9.88 Å². The van der Waals surface area contributed by atoms with E-state index in [2.05, 4.69) is 46.3 Å². The van der Waals surface area contributed by atoms with E-state index in [9.17, 15) is 4.79 Å². The van der Waals surface area contributed by atoms with Crippen molar-refractivity contribution in [3.05, 3.63) is 83.2 Å². The monoisotopic (exact) mass is 441 g/mol.